The van der Waals surface area contributed by atoms with Gasteiger partial charge in [-0.3, -0.25) is 4.79 Å². The molecule has 0 aliphatic heterocycles. The molecule has 21 heavy (non-hydrogen) atoms. The van der Waals surface area contributed by atoms with Crippen LogP contribution in [-0.2, 0) is 0 Å². The zero-order valence-corrected chi connectivity index (χ0v) is 15.5. The molecule has 0 saturated carbocycles. The summed E-state index contributed by atoms with van der Waals surface area (Å²) in [5, 5.41) is 12.4. The van der Waals surface area contributed by atoms with Crippen LogP contribution in [0.1, 0.15) is 10.4 Å². The van der Waals surface area contributed by atoms with Crippen LogP contribution in [0, 0.1) is 0 Å². The Morgan fingerprint density at radius 2 is 1.81 bits per heavy atom. The molecule has 2 rings (SSSR count). The minimum Gasteiger partial charge on any atom is -0.507 e. The van der Waals surface area contributed by atoms with E-state index >= 15 is 0 Å². The summed E-state index contributed by atoms with van der Waals surface area (Å²) in [5.74, 6) is 0.283. The molecule has 2 aromatic carbocycles. The Hall–Kier alpha value is -1.05. The van der Waals surface area contributed by atoms with Crippen molar-refractivity contribution in [1.29, 1.82) is 0 Å². The minimum atomic E-state index is -0.331. The van der Waals surface area contributed by atoms with E-state index in [-0.39, 0.29) is 11.7 Å². The Morgan fingerprint density at radius 3 is 2.43 bits per heavy atom. The molecule has 2 N–H and O–H groups in total. The number of methoxy groups -OCH3 is 1. The number of aromatic hydroxyl groups is 1. The highest BCUT2D eigenvalue weighted by molar-refractivity contribution is 9.11. The number of carbonyl (C=O) groups is 1. The Bertz CT molecular complexity index is 704. The summed E-state index contributed by atoms with van der Waals surface area (Å²) in [6.07, 6.45) is 0. The number of phenols is 1. The number of ether oxygens (including phenoxy) is 1. The number of hydrogen-bond acceptors (Lipinski definition) is 3. The number of hydrogen-bond donors (Lipinski definition) is 2. The first-order chi connectivity index (χ1) is 9.92. The molecule has 0 aromatic heterocycles. The van der Waals surface area contributed by atoms with Gasteiger partial charge in [0.1, 0.15) is 11.5 Å². The van der Waals surface area contributed by atoms with Gasteiger partial charge in [0.25, 0.3) is 5.91 Å². The zero-order chi connectivity index (χ0) is 15.6. The van der Waals surface area contributed by atoms with Crippen molar-refractivity contribution < 1.29 is 14.6 Å². The third-order valence-corrected chi connectivity index (χ3v) is 4.64. The number of anilines is 1. The number of phenolic OH excluding ortho intramolecular Hbond substituents is 1. The molecular formula is C14H10Br3NO3. The summed E-state index contributed by atoms with van der Waals surface area (Å²) in [6, 6.07) is 8.10. The molecule has 110 valence electrons. The minimum absolute atomic E-state index is 0.00935. The van der Waals surface area contributed by atoms with E-state index in [0.717, 1.165) is 4.47 Å². The van der Waals surface area contributed by atoms with E-state index < -0.39 is 0 Å². The van der Waals surface area contributed by atoms with Gasteiger partial charge in [-0.05, 0) is 72.1 Å². The lowest BCUT2D eigenvalue weighted by Crippen LogP contribution is -2.12. The van der Waals surface area contributed by atoms with E-state index in [4.69, 9.17) is 4.74 Å². The summed E-state index contributed by atoms with van der Waals surface area (Å²) < 4.78 is 7.22. The standard InChI is InChI=1S/C14H10Br3NO3/c1-21-13-6-11(9(16)5-10(13)17)18-14(20)7-2-3-8(15)12(19)4-7/h2-6,19H,1H3,(H,18,20). The molecule has 0 aliphatic rings. The monoisotopic (exact) mass is 477 g/mol. The van der Waals surface area contributed by atoms with Crippen molar-refractivity contribution >= 4 is 59.4 Å². The zero-order valence-electron chi connectivity index (χ0n) is 10.8. The second kappa shape index (κ2) is 6.81. The smallest absolute Gasteiger partial charge is 0.255 e. The molecule has 0 unspecified atom stereocenters. The average molecular weight is 480 g/mol. The van der Waals surface area contributed by atoms with Crippen molar-refractivity contribution in [1.82, 2.24) is 0 Å². The number of halogens is 3. The van der Waals surface area contributed by atoms with Crippen LogP contribution < -0.4 is 10.1 Å². The first-order valence-corrected chi connectivity index (χ1v) is 8.13. The topological polar surface area (TPSA) is 58.6 Å². The summed E-state index contributed by atoms with van der Waals surface area (Å²) in [6.45, 7) is 0. The third-order valence-electron chi connectivity index (χ3n) is 2.70. The van der Waals surface area contributed by atoms with Gasteiger partial charge in [0.05, 0.1) is 21.7 Å². The lowest BCUT2D eigenvalue weighted by molar-refractivity contribution is 0.102. The Morgan fingerprint density at radius 1 is 1.10 bits per heavy atom. The van der Waals surface area contributed by atoms with E-state index in [0.29, 0.717) is 25.9 Å². The van der Waals surface area contributed by atoms with Crippen molar-refractivity contribution in [3.8, 4) is 11.5 Å². The first kappa shape index (κ1) is 16.3. The molecule has 0 radical (unpaired) electrons. The van der Waals surface area contributed by atoms with Crippen molar-refractivity contribution in [3.63, 3.8) is 0 Å². The Kier molecular flexibility index (Phi) is 5.29. The van der Waals surface area contributed by atoms with Crippen molar-refractivity contribution in [3.05, 3.63) is 49.3 Å². The Labute approximate surface area is 146 Å². The summed E-state index contributed by atoms with van der Waals surface area (Å²) in [4.78, 5) is 12.2. The van der Waals surface area contributed by atoms with Gasteiger partial charge in [0.15, 0.2) is 0 Å². The molecule has 4 nitrogen and oxygen atoms in total. The quantitative estimate of drug-likeness (QED) is 0.655. The van der Waals surface area contributed by atoms with Gasteiger partial charge in [-0.2, -0.15) is 0 Å². The second-order valence-electron chi connectivity index (χ2n) is 4.09. The van der Waals surface area contributed by atoms with E-state index in [2.05, 4.69) is 53.1 Å². The third kappa shape index (κ3) is 3.78. The van der Waals surface area contributed by atoms with Crippen LogP contribution in [-0.4, -0.2) is 18.1 Å². The number of rotatable bonds is 3. The van der Waals surface area contributed by atoms with Crippen LogP contribution in [0.4, 0.5) is 5.69 Å². The average Bonchev–Trinajstić information content (AvgIpc) is 2.44. The maximum Gasteiger partial charge on any atom is 0.255 e. The van der Waals surface area contributed by atoms with Gasteiger partial charge >= 0.3 is 0 Å². The van der Waals surface area contributed by atoms with Crippen molar-refractivity contribution in [2.75, 3.05) is 12.4 Å². The molecule has 0 saturated heterocycles. The molecule has 1 amide bonds. The SMILES string of the molecule is COc1cc(NC(=O)c2ccc(Br)c(O)c2)c(Br)cc1Br. The number of amides is 1. The lowest BCUT2D eigenvalue weighted by atomic mass is 10.2. The van der Waals surface area contributed by atoms with Crippen LogP contribution in [0.3, 0.4) is 0 Å². The van der Waals surface area contributed by atoms with Crippen LogP contribution in [0.2, 0.25) is 0 Å². The summed E-state index contributed by atoms with van der Waals surface area (Å²) in [7, 11) is 1.55. The van der Waals surface area contributed by atoms with Gasteiger partial charge in [0.2, 0.25) is 0 Å². The van der Waals surface area contributed by atoms with Crippen molar-refractivity contribution in [2.45, 2.75) is 0 Å². The number of nitrogens with one attached hydrogen (secondary N) is 1. The molecule has 0 atom stereocenters. The van der Waals surface area contributed by atoms with Crippen LogP contribution in [0.5, 0.6) is 11.5 Å². The van der Waals surface area contributed by atoms with E-state index in [1.54, 1.807) is 31.4 Å². The van der Waals surface area contributed by atoms with Gasteiger partial charge in [-0.1, -0.05) is 0 Å². The molecule has 0 heterocycles. The predicted molar refractivity (Wildman–Crippen MR) is 92.2 cm³/mol. The summed E-state index contributed by atoms with van der Waals surface area (Å²) in [5.41, 5.74) is 0.923. The highest BCUT2D eigenvalue weighted by Gasteiger charge is 2.13. The van der Waals surface area contributed by atoms with E-state index in [1.807, 2.05) is 0 Å². The molecule has 0 aliphatic carbocycles. The molecule has 7 heteroatoms. The first-order valence-electron chi connectivity index (χ1n) is 5.75. The molecular weight excluding hydrogens is 470 g/mol. The fraction of sp³-hybridized carbons (Fsp3) is 0.0714. The number of benzene rings is 2. The number of carbonyl (C=O) groups excluding carboxylic acids is 1. The largest absolute Gasteiger partial charge is 0.507 e. The molecule has 0 spiro atoms. The van der Waals surface area contributed by atoms with Crippen LogP contribution >= 0.6 is 47.8 Å². The van der Waals surface area contributed by atoms with Gasteiger partial charge < -0.3 is 15.2 Å². The second-order valence-corrected chi connectivity index (χ2v) is 6.65. The maximum atomic E-state index is 12.2. The normalized spacial score (nSPS) is 10.3. The van der Waals surface area contributed by atoms with Crippen LogP contribution in [0.15, 0.2) is 43.7 Å². The van der Waals surface area contributed by atoms with Crippen LogP contribution in [0.25, 0.3) is 0 Å². The van der Waals surface area contributed by atoms with Gasteiger partial charge in [-0.15, -0.1) is 0 Å². The van der Waals surface area contributed by atoms with E-state index in [1.165, 1.54) is 6.07 Å². The van der Waals surface area contributed by atoms with E-state index in [9.17, 15) is 9.90 Å². The maximum absolute atomic E-state index is 12.2. The lowest BCUT2D eigenvalue weighted by Gasteiger charge is -2.11. The van der Waals surface area contributed by atoms with Gasteiger partial charge in [0, 0.05) is 16.1 Å². The molecule has 0 bridgehead atoms. The Balaban J connectivity index is 2.29. The van der Waals surface area contributed by atoms with Gasteiger partial charge in [-0.25, -0.2) is 0 Å². The van der Waals surface area contributed by atoms with Crippen molar-refractivity contribution in [2.24, 2.45) is 0 Å². The molecule has 2 aromatic rings. The summed E-state index contributed by atoms with van der Waals surface area (Å²) >= 11 is 9.92. The highest BCUT2D eigenvalue weighted by Crippen LogP contribution is 2.35. The fourth-order valence-electron chi connectivity index (χ4n) is 1.63. The molecule has 0 fully saturated rings. The highest BCUT2D eigenvalue weighted by atomic mass is 79.9. The fourth-order valence-corrected chi connectivity index (χ4v) is 3.13. The predicted octanol–water partition coefficient (Wildman–Crippen LogP) is 4.94.